The predicted octanol–water partition coefficient (Wildman–Crippen LogP) is 0.661. The van der Waals surface area contributed by atoms with Crippen LogP contribution < -0.4 is 10.1 Å². The summed E-state index contributed by atoms with van der Waals surface area (Å²) in [4.78, 5) is 24.6. The van der Waals surface area contributed by atoms with Gasteiger partial charge in [-0.05, 0) is 19.1 Å². The summed E-state index contributed by atoms with van der Waals surface area (Å²) in [5.74, 6) is -0.169. The number of nitrogens with zero attached hydrogens (tertiary/aromatic N) is 1. The second-order valence-corrected chi connectivity index (χ2v) is 4.33. The van der Waals surface area contributed by atoms with Crippen LogP contribution in [0.15, 0.2) is 30.0 Å². The summed E-state index contributed by atoms with van der Waals surface area (Å²) in [7, 11) is 1.57. The number of carbonyl (C=O) groups excluding carboxylic acids is 2. The van der Waals surface area contributed by atoms with Gasteiger partial charge in [0, 0.05) is 17.3 Å². The number of hydrogen-bond acceptors (Lipinski definition) is 5. The molecule has 0 aromatic heterocycles. The van der Waals surface area contributed by atoms with E-state index in [9.17, 15) is 9.59 Å². The third-order valence-corrected chi connectivity index (χ3v) is 3.11. The third kappa shape index (κ3) is 2.50. The number of β-amino-alcohol motifs (C(OH)–C–C–N with tert-alkyl or cyclic N) is 1. The Balaban J connectivity index is 2.21. The van der Waals surface area contributed by atoms with Gasteiger partial charge < -0.3 is 15.2 Å². The molecule has 1 heterocycles. The van der Waals surface area contributed by atoms with Gasteiger partial charge in [-0.3, -0.25) is 14.5 Å². The van der Waals surface area contributed by atoms with Crippen LogP contribution >= 0.6 is 0 Å². The normalized spacial score (nSPS) is 14.6. The van der Waals surface area contributed by atoms with Crippen LogP contribution in [-0.4, -0.2) is 42.1 Å². The Kier molecular flexibility index (Phi) is 4.05. The monoisotopic (exact) mass is 276 g/mol. The predicted molar refractivity (Wildman–Crippen MR) is 73.2 cm³/mol. The molecular formula is C14H16N2O4. The fourth-order valence-electron chi connectivity index (χ4n) is 2.03. The molecule has 6 heteroatoms. The van der Waals surface area contributed by atoms with Gasteiger partial charge in [-0.15, -0.1) is 0 Å². The van der Waals surface area contributed by atoms with E-state index in [0.29, 0.717) is 11.4 Å². The average molecular weight is 276 g/mol. The topological polar surface area (TPSA) is 78.9 Å². The van der Waals surface area contributed by atoms with E-state index in [1.807, 2.05) is 13.0 Å². The first-order valence-electron chi connectivity index (χ1n) is 6.17. The number of rotatable bonds is 5. The summed E-state index contributed by atoms with van der Waals surface area (Å²) in [6.07, 6.45) is 1.23. The zero-order valence-corrected chi connectivity index (χ0v) is 11.3. The highest BCUT2D eigenvalue weighted by Gasteiger charge is 2.30. The first-order valence-corrected chi connectivity index (χ1v) is 6.17. The van der Waals surface area contributed by atoms with E-state index in [0.717, 1.165) is 10.5 Å². The molecule has 1 aromatic carbocycles. The summed E-state index contributed by atoms with van der Waals surface area (Å²) in [5.41, 5.74) is 1.74. The number of methoxy groups -OCH3 is 1. The molecule has 20 heavy (non-hydrogen) atoms. The van der Waals surface area contributed by atoms with E-state index in [-0.39, 0.29) is 18.8 Å². The van der Waals surface area contributed by atoms with Crippen LogP contribution in [0.4, 0.5) is 5.69 Å². The minimum atomic E-state index is -0.439. The van der Waals surface area contributed by atoms with Crippen molar-refractivity contribution in [3.63, 3.8) is 0 Å². The van der Waals surface area contributed by atoms with Crippen LogP contribution in [0.3, 0.4) is 0 Å². The molecule has 0 saturated heterocycles. The second-order valence-electron chi connectivity index (χ2n) is 4.33. The van der Waals surface area contributed by atoms with Gasteiger partial charge in [0.2, 0.25) is 0 Å². The van der Waals surface area contributed by atoms with Gasteiger partial charge in [0.25, 0.3) is 11.8 Å². The molecule has 1 aliphatic rings. The molecule has 0 saturated carbocycles. The van der Waals surface area contributed by atoms with Gasteiger partial charge in [0.05, 0.1) is 20.3 Å². The van der Waals surface area contributed by atoms with Gasteiger partial charge in [-0.1, -0.05) is 6.07 Å². The number of carbonyl (C=O) groups is 2. The minimum absolute atomic E-state index is 0.00353. The number of benzene rings is 1. The Morgan fingerprint density at radius 1 is 1.35 bits per heavy atom. The molecule has 0 aliphatic carbocycles. The third-order valence-electron chi connectivity index (χ3n) is 3.11. The molecule has 0 atom stereocenters. The Morgan fingerprint density at radius 2 is 2.10 bits per heavy atom. The van der Waals surface area contributed by atoms with Gasteiger partial charge in [-0.25, -0.2) is 0 Å². The highest BCUT2D eigenvalue weighted by Crippen LogP contribution is 2.27. The van der Waals surface area contributed by atoms with Crippen LogP contribution in [0, 0.1) is 6.92 Å². The zero-order chi connectivity index (χ0) is 14.7. The van der Waals surface area contributed by atoms with Crippen molar-refractivity contribution in [2.45, 2.75) is 6.92 Å². The summed E-state index contributed by atoms with van der Waals surface area (Å²) < 4.78 is 5.20. The van der Waals surface area contributed by atoms with Crippen molar-refractivity contribution in [3.05, 3.63) is 35.5 Å². The molecule has 6 nitrogen and oxygen atoms in total. The SMILES string of the molecule is COc1cccc(NC2=CC(=O)N(CCO)C2=O)c1C. The molecule has 1 aromatic rings. The molecule has 106 valence electrons. The zero-order valence-electron chi connectivity index (χ0n) is 11.3. The van der Waals surface area contributed by atoms with Crippen LogP contribution in [0.25, 0.3) is 0 Å². The number of anilines is 1. The second kappa shape index (κ2) is 5.75. The van der Waals surface area contributed by atoms with Crippen molar-refractivity contribution in [2.24, 2.45) is 0 Å². The lowest BCUT2D eigenvalue weighted by atomic mass is 10.1. The van der Waals surface area contributed by atoms with Crippen molar-refractivity contribution < 1.29 is 19.4 Å². The molecule has 2 N–H and O–H groups in total. The molecule has 0 spiro atoms. The number of aliphatic hydroxyl groups is 1. The van der Waals surface area contributed by atoms with E-state index in [1.165, 1.54) is 6.08 Å². The average Bonchev–Trinajstić information content (AvgIpc) is 2.69. The first kappa shape index (κ1) is 14.1. The van der Waals surface area contributed by atoms with Gasteiger partial charge in [-0.2, -0.15) is 0 Å². The molecule has 1 aliphatic heterocycles. The summed E-state index contributed by atoms with van der Waals surface area (Å²) >= 11 is 0. The summed E-state index contributed by atoms with van der Waals surface area (Å²) in [5, 5.41) is 11.8. The summed E-state index contributed by atoms with van der Waals surface area (Å²) in [6, 6.07) is 5.40. The highest BCUT2D eigenvalue weighted by atomic mass is 16.5. The van der Waals surface area contributed by atoms with Gasteiger partial charge in [0.1, 0.15) is 11.4 Å². The van der Waals surface area contributed by atoms with E-state index in [4.69, 9.17) is 9.84 Å². The molecule has 0 radical (unpaired) electrons. The Bertz CT molecular complexity index is 581. The quantitative estimate of drug-likeness (QED) is 0.772. The maximum Gasteiger partial charge on any atom is 0.277 e. The lowest BCUT2D eigenvalue weighted by Gasteiger charge is -2.15. The molecule has 0 bridgehead atoms. The molecule has 2 rings (SSSR count). The molecule has 0 unspecified atom stereocenters. The molecule has 2 amide bonds. The fraction of sp³-hybridized carbons (Fsp3) is 0.286. The van der Waals surface area contributed by atoms with E-state index in [1.54, 1.807) is 19.2 Å². The van der Waals surface area contributed by atoms with E-state index >= 15 is 0 Å². The van der Waals surface area contributed by atoms with Crippen LogP contribution in [0.1, 0.15) is 5.56 Å². The molecular weight excluding hydrogens is 260 g/mol. The van der Waals surface area contributed by atoms with Crippen LogP contribution in [0.5, 0.6) is 5.75 Å². The number of ether oxygens (including phenoxy) is 1. The number of aliphatic hydroxyl groups excluding tert-OH is 1. The van der Waals surface area contributed by atoms with Gasteiger partial charge >= 0.3 is 0 Å². The highest BCUT2D eigenvalue weighted by molar-refractivity contribution is 6.17. The number of imide groups is 1. The smallest absolute Gasteiger partial charge is 0.277 e. The minimum Gasteiger partial charge on any atom is -0.496 e. The first-order chi connectivity index (χ1) is 9.58. The van der Waals surface area contributed by atoms with Crippen molar-refractivity contribution in [2.75, 3.05) is 25.6 Å². The molecule has 0 fully saturated rings. The van der Waals surface area contributed by atoms with Crippen molar-refractivity contribution >= 4 is 17.5 Å². The maximum atomic E-state index is 12.0. The Hall–Kier alpha value is -2.34. The van der Waals surface area contributed by atoms with Gasteiger partial charge in [0.15, 0.2) is 0 Å². The van der Waals surface area contributed by atoms with Crippen molar-refractivity contribution in [1.29, 1.82) is 0 Å². The van der Waals surface area contributed by atoms with Crippen LogP contribution in [0.2, 0.25) is 0 Å². The largest absolute Gasteiger partial charge is 0.496 e. The standard InChI is InChI=1S/C14H16N2O4/c1-9-10(4-3-5-12(9)20-2)15-11-8-13(18)16(6-7-17)14(11)19/h3-5,8,15,17H,6-7H2,1-2H3. The maximum absolute atomic E-state index is 12.0. The number of nitrogens with one attached hydrogen (secondary N) is 1. The Labute approximate surface area is 116 Å². The van der Waals surface area contributed by atoms with E-state index in [2.05, 4.69) is 5.32 Å². The van der Waals surface area contributed by atoms with Crippen LogP contribution in [-0.2, 0) is 9.59 Å². The number of amides is 2. The lowest BCUT2D eigenvalue weighted by molar-refractivity contribution is -0.137. The summed E-state index contributed by atoms with van der Waals surface area (Å²) in [6.45, 7) is 1.60. The van der Waals surface area contributed by atoms with E-state index < -0.39 is 11.8 Å². The fourth-order valence-corrected chi connectivity index (χ4v) is 2.03. The number of hydrogen-bond donors (Lipinski definition) is 2. The van der Waals surface area contributed by atoms with Crippen molar-refractivity contribution in [3.8, 4) is 5.75 Å². The van der Waals surface area contributed by atoms with Crippen molar-refractivity contribution in [1.82, 2.24) is 4.90 Å². The Morgan fingerprint density at radius 3 is 2.75 bits per heavy atom. The lowest BCUT2D eigenvalue weighted by Crippen LogP contribution is -2.34.